The van der Waals surface area contributed by atoms with Crippen LogP contribution in [0.4, 0.5) is 5.82 Å². The standard InChI is InChI=1S/C10H15BrN2/c1-7(2)6-12-10-9(11)5-4-8(3)13-10/h4-5,7H,6H2,1-3H3,(H,12,13). The Morgan fingerprint density at radius 2 is 2.15 bits per heavy atom. The Hall–Kier alpha value is -0.570. The molecule has 0 saturated heterocycles. The Morgan fingerprint density at radius 1 is 1.46 bits per heavy atom. The summed E-state index contributed by atoms with van der Waals surface area (Å²) in [6.45, 7) is 7.30. The zero-order valence-electron chi connectivity index (χ0n) is 8.26. The minimum Gasteiger partial charge on any atom is -0.369 e. The number of nitrogens with zero attached hydrogens (tertiary/aromatic N) is 1. The molecule has 0 saturated carbocycles. The zero-order valence-corrected chi connectivity index (χ0v) is 9.85. The van der Waals surface area contributed by atoms with Crippen molar-refractivity contribution >= 4 is 21.7 Å². The lowest BCUT2D eigenvalue weighted by atomic mass is 10.2. The van der Waals surface area contributed by atoms with Gasteiger partial charge in [0.2, 0.25) is 0 Å². The number of rotatable bonds is 3. The minimum atomic E-state index is 0.634. The molecule has 0 aliphatic rings. The van der Waals surface area contributed by atoms with Crippen LogP contribution in [0.1, 0.15) is 19.5 Å². The highest BCUT2D eigenvalue weighted by atomic mass is 79.9. The molecule has 0 bridgehead atoms. The fourth-order valence-corrected chi connectivity index (χ4v) is 1.33. The summed E-state index contributed by atoms with van der Waals surface area (Å²) in [5.41, 5.74) is 1.04. The summed E-state index contributed by atoms with van der Waals surface area (Å²) in [4.78, 5) is 4.39. The maximum Gasteiger partial charge on any atom is 0.140 e. The summed E-state index contributed by atoms with van der Waals surface area (Å²) in [6, 6.07) is 4.01. The lowest BCUT2D eigenvalue weighted by molar-refractivity contribution is 0.686. The molecule has 1 rings (SSSR count). The van der Waals surface area contributed by atoms with E-state index in [1.807, 2.05) is 19.1 Å². The fourth-order valence-electron chi connectivity index (χ4n) is 0.964. The van der Waals surface area contributed by atoms with Crippen LogP contribution in [0.2, 0.25) is 0 Å². The van der Waals surface area contributed by atoms with E-state index in [9.17, 15) is 0 Å². The van der Waals surface area contributed by atoms with Gasteiger partial charge < -0.3 is 5.32 Å². The Morgan fingerprint density at radius 3 is 2.77 bits per heavy atom. The highest BCUT2D eigenvalue weighted by Crippen LogP contribution is 2.19. The van der Waals surface area contributed by atoms with Crippen LogP contribution in [0.25, 0.3) is 0 Å². The molecular formula is C10H15BrN2. The van der Waals surface area contributed by atoms with Crippen LogP contribution >= 0.6 is 15.9 Å². The molecule has 1 heterocycles. The van der Waals surface area contributed by atoms with Gasteiger partial charge in [-0.15, -0.1) is 0 Å². The van der Waals surface area contributed by atoms with Crippen LogP contribution in [0.15, 0.2) is 16.6 Å². The van der Waals surface area contributed by atoms with E-state index in [1.165, 1.54) is 0 Å². The first kappa shape index (κ1) is 10.5. The van der Waals surface area contributed by atoms with Gasteiger partial charge in [-0.2, -0.15) is 0 Å². The molecule has 1 aromatic rings. The summed E-state index contributed by atoms with van der Waals surface area (Å²) >= 11 is 3.46. The summed E-state index contributed by atoms with van der Waals surface area (Å²) in [5.74, 6) is 1.57. The first-order valence-corrected chi connectivity index (χ1v) is 5.26. The number of aromatic nitrogens is 1. The Bertz CT molecular complexity index is 284. The average Bonchev–Trinajstić information content (AvgIpc) is 2.06. The highest BCUT2D eigenvalue weighted by Gasteiger charge is 2.01. The zero-order chi connectivity index (χ0) is 9.84. The van der Waals surface area contributed by atoms with Crippen molar-refractivity contribution in [2.24, 2.45) is 5.92 Å². The molecule has 1 N–H and O–H groups in total. The maximum atomic E-state index is 4.39. The van der Waals surface area contributed by atoms with Crippen molar-refractivity contribution in [2.75, 3.05) is 11.9 Å². The van der Waals surface area contributed by atoms with E-state index in [-0.39, 0.29) is 0 Å². The lowest BCUT2D eigenvalue weighted by Gasteiger charge is -2.10. The number of halogens is 1. The normalized spacial score (nSPS) is 10.5. The molecule has 2 nitrogen and oxygen atoms in total. The molecule has 0 aromatic carbocycles. The molecule has 0 aliphatic carbocycles. The molecule has 72 valence electrons. The molecule has 1 aromatic heterocycles. The van der Waals surface area contributed by atoms with Gasteiger partial charge in [0.25, 0.3) is 0 Å². The molecule has 0 fully saturated rings. The van der Waals surface area contributed by atoms with E-state index < -0.39 is 0 Å². The van der Waals surface area contributed by atoms with E-state index in [0.717, 1.165) is 22.5 Å². The molecule has 0 radical (unpaired) electrons. The molecule has 0 spiro atoms. The van der Waals surface area contributed by atoms with E-state index in [0.29, 0.717) is 5.92 Å². The Kier molecular flexibility index (Phi) is 3.72. The molecule has 0 amide bonds. The first-order valence-electron chi connectivity index (χ1n) is 4.46. The predicted octanol–water partition coefficient (Wildman–Crippen LogP) is 3.22. The van der Waals surface area contributed by atoms with Crippen LogP contribution in [0.3, 0.4) is 0 Å². The molecular weight excluding hydrogens is 228 g/mol. The van der Waals surface area contributed by atoms with Gasteiger partial charge >= 0.3 is 0 Å². The second-order valence-electron chi connectivity index (χ2n) is 3.56. The summed E-state index contributed by atoms with van der Waals surface area (Å²) < 4.78 is 1.03. The van der Waals surface area contributed by atoms with Crippen LogP contribution in [0, 0.1) is 12.8 Å². The van der Waals surface area contributed by atoms with Gasteiger partial charge in [0.15, 0.2) is 0 Å². The number of hydrogen-bond acceptors (Lipinski definition) is 2. The first-order chi connectivity index (χ1) is 6.09. The summed E-state index contributed by atoms with van der Waals surface area (Å²) in [5, 5.41) is 3.30. The smallest absolute Gasteiger partial charge is 0.140 e. The monoisotopic (exact) mass is 242 g/mol. The second-order valence-corrected chi connectivity index (χ2v) is 4.41. The number of aryl methyl sites for hydroxylation is 1. The Labute approximate surface area is 87.9 Å². The minimum absolute atomic E-state index is 0.634. The van der Waals surface area contributed by atoms with E-state index in [1.54, 1.807) is 0 Å². The number of pyridine rings is 1. The van der Waals surface area contributed by atoms with Crippen molar-refractivity contribution < 1.29 is 0 Å². The van der Waals surface area contributed by atoms with Crippen molar-refractivity contribution in [3.05, 3.63) is 22.3 Å². The fraction of sp³-hybridized carbons (Fsp3) is 0.500. The third kappa shape index (κ3) is 3.35. The van der Waals surface area contributed by atoms with Gasteiger partial charge in [-0.25, -0.2) is 4.98 Å². The molecule has 3 heteroatoms. The SMILES string of the molecule is Cc1ccc(Br)c(NCC(C)C)n1. The van der Waals surface area contributed by atoms with Gasteiger partial charge in [-0.3, -0.25) is 0 Å². The van der Waals surface area contributed by atoms with Crippen molar-refractivity contribution in [3.63, 3.8) is 0 Å². The lowest BCUT2D eigenvalue weighted by Crippen LogP contribution is -2.09. The van der Waals surface area contributed by atoms with Crippen molar-refractivity contribution in [2.45, 2.75) is 20.8 Å². The van der Waals surface area contributed by atoms with Gasteiger partial charge in [0, 0.05) is 12.2 Å². The van der Waals surface area contributed by atoms with E-state index >= 15 is 0 Å². The largest absolute Gasteiger partial charge is 0.369 e. The Balaban J connectivity index is 2.70. The summed E-state index contributed by atoms with van der Waals surface area (Å²) in [6.07, 6.45) is 0. The molecule has 13 heavy (non-hydrogen) atoms. The molecule has 0 unspecified atom stereocenters. The third-order valence-electron chi connectivity index (χ3n) is 1.66. The van der Waals surface area contributed by atoms with E-state index in [2.05, 4.69) is 40.1 Å². The number of nitrogens with one attached hydrogen (secondary N) is 1. The van der Waals surface area contributed by atoms with Crippen LogP contribution in [-0.2, 0) is 0 Å². The maximum absolute atomic E-state index is 4.39. The highest BCUT2D eigenvalue weighted by molar-refractivity contribution is 9.10. The average molecular weight is 243 g/mol. The topological polar surface area (TPSA) is 24.9 Å². The van der Waals surface area contributed by atoms with Gasteiger partial charge in [0.1, 0.15) is 5.82 Å². The molecule has 0 atom stereocenters. The van der Waals surface area contributed by atoms with Crippen LogP contribution in [0.5, 0.6) is 0 Å². The van der Waals surface area contributed by atoms with E-state index in [4.69, 9.17) is 0 Å². The van der Waals surface area contributed by atoms with Gasteiger partial charge in [0.05, 0.1) is 4.47 Å². The predicted molar refractivity (Wildman–Crippen MR) is 60.0 cm³/mol. The number of anilines is 1. The van der Waals surface area contributed by atoms with Gasteiger partial charge in [-0.1, -0.05) is 13.8 Å². The van der Waals surface area contributed by atoms with Crippen molar-refractivity contribution in [1.82, 2.24) is 4.98 Å². The number of hydrogen-bond donors (Lipinski definition) is 1. The van der Waals surface area contributed by atoms with Crippen LogP contribution < -0.4 is 5.32 Å². The third-order valence-corrected chi connectivity index (χ3v) is 2.30. The van der Waals surface area contributed by atoms with Crippen molar-refractivity contribution in [1.29, 1.82) is 0 Å². The van der Waals surface area contributed by atoms with Crippen molar-refractivity contribution in [3.8, 4) is 0 Å². The summed E-state index contributed by atoms with van der Waals surface area (Å²) in [7, 11) is 0. The molecule has 0 aliphatic heterocycles. The second kappa shape index (κ2) is 4.61. The van der Waals surface area contributed by atoms with Crippen LogP contribution in [-0.4, -0.2) is 11.5 Å². The van der Waals surface area contributed by atoms with Gasteiger partial charge in [-0.05, 0) is 40.9 Å². The quantitative estimate of drug-likeness (QED) is 0.881.